The number of nitrogens with one attached hydrogen (secondary N) is 1. The van der Waals surface area contributed by atoms with Crippen LogP contribution in [0.2, 0.25) is 0 Å². The molecular formula is C24H21F8N3O4S. The minimum absolute atomic E-state index is 0.0854. The lowest BCUT2D eigenvalue weighted by atomic mass is 9.95. The second kappa shape index (κ2) is 10.3. The predicted molar refractivity (Wildman–Crippen MR) is 121 cm³/mol. The Morgan fingerprint density at radius 1 is 1.00 bits per heavy atom. The fourth-order valence-electron chi connectivity index (χ4n) is 4.73. The lowest BCUT2D eigenvalue weighted by Gasteiger charge is -2.30. The maximum atomic E-state index is 14.7. The van der Waals surface area contributed by atoms with E-state index < -0.39 is 99.2 Å². The Hall–Kier alpha value is -3.30. The van der Waals surface area contributed by atoms with E-state index in [9.17, 15) is 53.1 Å². The molecule has 0 bridgehead atoms. The predicted octanol–water partition coefficient (Wildman–Crippen LogP) is 4.44. The summed E-state index contributed by atoms with van der Waals surface area (Å²) in [6, 6.07) is -2.59. The molecule has 40 heavy (non-hydrogen) atoms. The van der Waals surface area contributed by atoms with Gasteiger partial charge in [-0.3, -0.25) is 14.6 Å². The standard InChI is InChI=1S/C24H21F8N3O4S/c1-40(38,39)13-6-12(9-33-10-13)22(37)35-5-4-15(23(27,28)29)20(35)21(36)34-19(11-2-3-11)14-7-18(26)16(8-17(14)25)24(30,31)32/h6-11,15,19-20H,2-5H2,1H3,(H,34,36)/t15-,19?,20-/m1/s1. The van der Waals surface area contributed by atoms with E-state index in [-0.39, 0.29) is 17.0 Å². The fraction of sp³-hybridized carbons (Fsp3) is 0.458. The Bertz CT molecular complexity index is 1440. The van der Waals surface area contributed by atoms with E-state index in [4.69, 9.17) is 0 Å². The van der Waals surface area contributed by atoms with Gasteiger partial charge in [0.25, 0.3) is 5.91 Å². The van der Waals surface area contributed by atoms with Gasteiger partial charge in [-0.2, -0.15) is 26.3 Å². The second-order valence-corrected chi connectivity index (χ2v) is 11.8. The van der Waals surface area contributed by atoms with Gasteiger partial charge in [-0.05, 0) is 43.4 Å². The van der Waals surface area contributed by atoms with Crippen LogP contribution in [0.3, 0.4) is 0 Å². The summed E-state index contributed by atoms with van der Waals surface area (Å²) in [4.78, 5) is 30.3. The van der Waals surface area contributed by atoms with Crippen LogP contribution >= 0.6 is 0 Å². The molecule has 1 unspecified atom stereocenters. The number of likely N-dealkylation sites (tertiary alicyclic amines) is 1. The van der Waals surface area contributed by atoms with Crippen molar-refractivity contribution in [2.45, 2.75) is 48.6 Å². The Kier molecular flexibility index (Phi) is 7.62. The number of aromatic nitrogens is 1. The summed E-state index contributed by atoms with van der Waals surface area (Å²) >= 11 is 0. The Balaban J connectivity index is 1.68. The summed E-state index contributed by atoms with van der Waals surface area (Å²) < 4.78 is 133. The molecule has 1 saturated heterocycles. The van der Waals surface area contributed by atoms with Crippen molar-refractivity contribution in [3.8, 4) is 0 Å². The van der Waals surface area contributed by atoms with Gasteiger partial charge in [0.15, 0.2) is 9.84 Å². The molecular weight excluding hydrogens is 578 g/mol. The van der Waals surface area contributed by atoms with E-state index in [2.05, 4.69) is 10.3 Å². The second-order valence-electron chi connectivity index (χ2n) is 9.74. The van der Waals surface area contributed by atoms with Crippen molar-refractivity contribution in [3.05, 3.63) is 58.9 Å². The number of rotatable bonds is 6. The van der Waals surface area contributed by atoms with Crippen molar-refractivity contribution in [2.24, 2.45) is 11.8 Å². The highest BCUT2D eigenvalue weighted by Crippen LogP contribution is 2.44. The van der Waals surface area contributed by atoms with Gasteiger partial charge in [0.05, 0.1) is 28.0 Å². The maximum Gasteiger partial charge on any atom is 0.419 e. The summed E-state index contributed by atoms with van der Waals surface area (Å²) in [7, 11) is -3.84. The van der Waals surface area contributed by atoms with E-state index >= 15 is 0 Å². The molecule has 2 fully saturated rings. The van der Waals surface area contributed by atoms with Crippen LogP contribution in [0, 0.1) is 23.5 Å². The normalized spacial score (nSPS) is 20.9. The van der Waals surface area contributed by atoms with Gasteiger partial charge in [0, 0.05) is 30.8 Å². The van der Waals surface area contributed by atoms with E-state index in [1.54, 1.807) is 0 Å². The molecule has 2 amide bonds. The van der Waals surface area contributed by atoms with E-state index in [1.165, 1.54) is 0 Å². The highest BCUT2D eigenvalue weighted by Gasteiger charge is 2.55. The quantitative estimate of drug-likeness (QED) is 0.496. The van der Waals surface area contributed by atoms with Crippen LogP contribution in [-0.2, 0) is 20.8 Å². The molecule has 1 saturated carbocycles. The first-order chi connectivity index (χ1) is 18.4. The Morgan fingerprint density at radius 2 is 1.65 bits per heavy atom. The number of carbonyl (C=O) groups excluding carboxylic acids is 2. The van der Waals surface area contributed by atoms with Gasteiger partial charge < -0.3 is 10.2 Å². The summed E-state index contributed by atoms with van der Waals surface area (Å²) in [5.74, 6) is -8.80. The maximum absolute atomic E-state index is 14.7. The molecule has 0 radical (unpaired) electrons. The molecule has 1 aliphatic heterocycles. The van der Waals surface area contributed by atoms with Crippen LogP contribution in [0.15, 0.2) is 35.5 Å². The van der Waals surface area contributed by atoms with Crippen LogP contribution < -0.4 is 5.32 Å². The molecule has 3 atom stereocenters. The highest BCUT2D eigenvalue weighted by atomic mass is 32.2. The number of halogens is 8. The largest absolute Gasteiger partial charge is 0.419 e. The molecule has 1 N–H and O–H groups in total. The zero-order valence-corrected chi connectivity index (χ0v) is 21.3. The van der Waals surface area contributed by atoms with Crippen LogP contribution in [0.1, 0.15) is 46.8 Å². The van der Waals surface area contributed by atoms with Crippen LogP contribution in [-0.4, -0.2) is 55.1 Å². The number of hydrogen-bond acceptors (Lipinski definition) is 5. The SMILES string of the molecule is CS(=O)(=O)c1cncc(C(=O)N2CC[C@@H](C(F)(F)F)[C@@H]2C(=O)NC(c2cc(F)c(C(F)(F)F)cc2F)C2CC2)c1. The minimum Gasteiger partial charge on any atom is -0.347 e. The molecule has 7 nitrogen and oxygen atoms in total. The highest BCUT2D eigenvalue weighted by molar-refractivity contribution is 7.90. The first kappa shape index (κ1) is 29.7. The van der Waals surface area contributed by atoms with Gasteiger partial charge in [-0.25, -0.2) is 17.2 Å². The summed E-state index contributed by atoms with van der Waals surface area (Å²) in [5.41, 5.74) is -2.96. The van der Waals surface area contributed by atoms with Crippen molar-refractivity contribution in [1.82, 2.24) is 15.2 Å². The fourth-order valence-corrected chi connectivity index (χ4v) is 5.32. The average molecular weight is 600 g/mol. The molecule has 1 aliphatic carbocycles. The number of hydrogen-bond donors (Lipinski definition) is 1. The molecule has 4 rings (SSSR count). The number of amides is 2. The molecule has 2 heterocycles. The van der Waals surface area contributed by atoms with Crippen LogP contribution in [0.25, 0.3) is 0 Å². The molecule has 1 aromatic heterocycles. The number of pyridine rings is 1. The number of sulfone groups is 1. The number of benzene rings is 1. The third kappa shape index (κ3) is 6.05. The van der Waals surface area contributed by atoms with Crippen molar-refractivity contribution < 1.29 is 53.1 Å². The van der Waals surface area contributed by atoms with Gasteiger partial charge >= 0.3 is 12.4 Å². The number of nitrogens with zero attached hydrogens (tertiary/aromatic N) is 2. The van der Waals surface area contributed by atoms with E-state index in [0.717, 1.165) is 24.7 Å². The van der Waals surface area contributed by atoms with Crippen molar-refractivity contribution in [1.29, 1.82) is 0 Å². The summed E-state index contributed by atoms with van der Waals surface area (Å²) in [6.07, 6.45) is -7.55. The Labute approximate surface area is 222 Å². The van der Waals surface area contributed by atoms with Gasteiger partial charge in [0.1, 0.15) is 17.7 Å². The number of alkyl halides is 6. The molecule has 218 valence electrons. The molecule has 0 spiro atoms. The molecule has 1 aromatic carbocycles. The summed E-state index contributed by atoms with van der Waals surface area (Å²) in [5, 5.41) is 2.21. The van der Waals surface area contributed by atoms with Gasteiger partial charge in [-0.1, -0.05) is 0 Å². The topological polar surface area (TPSA) is 96.4 Å². The van der Waals surface area contributed by atoms with Gasteiger partial charge in [-0.15, -0.1) is 0 Å². The monoisotopic (exact) mass is 599 g/mol. The lowest BCUT2D eigenvalue weighted by molar-refractivity contribution is -0.182. The van der Waals surface area contributed by atoms with Crippen molar-refractivity contribution >= 4 is 21.7 Å². The van der Waals surface area contributed by atoms with Gasteiger partial charge in [0.2, 0.25) is 5.91 Å². The third-order valence-electron chi connectivity index (χ3n) is 6.85. The van der Waals surface area contributed by atoms with Crippen molar-refractivity contribution in [2.75, 3.05) is 12.8 Å². The first-order valence-corrected chi connectivity index (χ1v) is 13.7. The molecule has 16 heteroatoms. The first-order valence-electron chi connectivity index (χ1n) is 11.8. The average Bonchev–Trinajstić information content (AvgIpc) is 3.57. The molecule has 2 aliphatic rings. The van der Waals surface area contributed by atoms with E-state index in [0.29, 0.717) is 17.7 Å². The van der Waals surface area contributed by atoms with Crippen LogP contribution in [0.5, 0.6) is 0 Å². The Morgan fingerprint density at radius 3 is 2.20 bits per heavy atom. The van der Waals surface area contributed by atoms with E-state index in [1.807, 2.05) is 0 Å². The van der Waals surface area contributed by atoms with Crippen molar-refractivity contribution in [3.63, 3.8) is 0 Å². The molecule has 2 aromatic rings. The summed E-state index contributed by atoms with van der Waals surface area (Å²) in [6.45, 7) is -0.554. The smallest absolute Gasteiger partial charge is 0.347 e. The minimum atomic E-state index is -5.21. The zero-order valence-electron chi connectivity index (χ0n) is 20.5. The third-order valence-corrected chi connectivity index (χ3v) is 7.93. The number of carbonyl (C=O) groups is 2. The lowest BCUT2D eigenvalue weighted by Crippen LogP contribution is -2.52. The zero-order chi connectivity index (χ0) is 29.8. The van der Waals surface area contributed by atoms with Crippen LogP contribution in [0.4, 0.5) is 35.1 Å².